The molecule has 208 valence electrons. The van der Waals surface area contributed by atoms with Gasteiger partial charge in [-0.2, -0.15) is 0 Å². The minimum atomic E-state index is -1.43. The lowest BCUT2D eigenvalue weighted by Gasteiger charge is -2.21. The zero-order chi connectivity index (χ0) is 33.1. The van der Waals surface area contributed by atoms with Gasteiger partial charge in [0.15, 0.2) is 0 Å². The van der Waals surface area contributed by atoms with Gasteiger partial charge in [-0.15, -0.1) is 25.7 Å². The molecule has 1 nitrogen and oxygen atoms in total. The van der Waals surface area contributed by atoms with Crippen LogP contribution in [0.3, 0.4) is 0 Å². The van der Waals surface area contributed by atoms with E-state index in [1.807, 2.05) is 72.8 Å². The Balaban J connectivity index is 2.06. The van der Waals surface area contributed by atoms with Gasteiger partial charge in [-0.25, -0.2) is 0 Å². The van der Waals surface area contributed by atoms with Crippen molar-refractivity contribution < 1.29 is 0 Å². The molecule has 4 aromatic rings. The van der Waals surface area contributed by atoms with Gasteiger partial charge in [0.2, 0.25) is 0 Å². The number of anilines is 2. The highest BCUT2D eigenvalue weighted by atomic mass is 31.1. The molecular weight excluding hydrogens is 604 g/mol. The fourth-order valence-corrected chi connectivity index (χ4v) is 6.69. The summed E-state index contributed by atoms with van der Waals surface area (Å²) in [7, 11) is -2.85. The van der Waals surface area contributed by atoms with Crippen LogP contribution in [0, 0.1) is 143 Å². The lowest BCUT2D eigenvalue weighted by molar-refractivity contribution is 1.65. The molecule has 0 spiro atoms. The molecule has 0 aliphatic heterocycles. The van der Waals surface area contributed by atoms with Crippen molar-refractivity contribution in [3.8, 4) is 143 Å². The number of hydrogen-bond donors (Lipinski definition) is 1. The molecule has 4 rings (SSSR count). The maximum atomic E-state index is 5.31. The highest BCUT2D eigenvalue weighted by Gasteiger charge is 2.20. The monoisotopic (exact) mass is 621 g/mol. The minimum Gasteiger partial charge on any atom is -0.353 e. The number of nitrogens with one attached hydrogen (secondary N) is 1. The number of hydrogen-bond acceptors (Lipinski definition) is 1. The smallest absolute Gasteiger partial charge is 0.0853 e. The van der Waals surface area contributed by atoms with Crippen molar-refractivity contribution in [1.82, 2.24) is 0 Å². The molecule has 1 N–H and O–H groups in total. The van der Waals surface area contributed by atoms with Crippen molar-refractivity contribution in [3.63, 3.8) is 0 Å². The molecule has 0 aliphatic rings. The normalized spacial score (nSPS) is 8.21. The fraction of sp³-hybridized carbons (Fsp3) is 0. The lowest BCUT2D eigenvalue weighted by Crippen LogP contribution is -2.13. The Bertz CT molecular complexity index is 2320. The number of terminal acetylenes is 4. The summed E-state index contributed by atoms with van der Waals surface area (Å²) in [6.07, 6.45) is 21.2. The van der Waals surface area contributed by atoms with E-state index in [4.69, 9.17) is 25.7 Å². The second-order valence-corrected chi connectivity index (χ2v) is 11.9. The van der Waals surface area contributed by atoms with Crippen molar-refractivity contribution in [3.05, 3.63) is 72.8 Å². The number of benzene rings is 4. The molecule has 0 saturated carbocycles. The molecule has 47 heavy (non-hydrogen) atoms. The Morgan fingerprint density at radius 3 is 1.06 bits per heavy atom. The van der Waals surface area contributed by atoms with Crippen LogP contribution < -0.4 is 15.9 Å². The van der Waals surface area contributed by atoms with E-state index in [1.165, 1.54) is 0 Å². The first-order valence-corrected chi connectivity index (χ1v) is 16.2. The topological polar surface area (TPSA) is 12.0 Å². The van der Waals surface area contributed by atoms with Gasteiger partial charge >= 0.3 is 0 Å². The quantitative estimate of drug-likeness (QED) is 0.207. The van der Waals surface area contributed by atoms with Crippen LogP contribution >= 0.6 is 15.8 Å². The molecule has 0 aliphatic carbocycles. The summed E-state index contributed by atoms with van der Waals surface area (Å²) in [5.74, 6) is 41.5. The molecule has 0 fully saturated rings. The zero-order valence-corrected chi connectivity index (χ0v) is 26.4. The van der Waals surface area contributed by atoms with Crippen LogP contribution in [0.15, 0.2) is 72.8 Å². The van der Waals surface area contributed by atoms with Gasteiger partial charge < -0.3 is 5.32 Å². The van der Waals surface area contributed by atoms with Gasteiger partial charge in [0.25, 0.3) is 0 Å². The molecule has 0 heterocycles. The standard InChI is InChI=1S/C44H17NP2/c1-5-9-13-21-33-46(34-22-14-10-6-2)41-31-29-37-25-17-19-27-39(37)43(41)45-44-40-28-20-18-26-38(40)30-32-42(44)47(35-23-15-11-7-3)36-24-16-12-8-4/h1-4,17-20,25-32,45H. The molecule has 0 radical (unpaired) electrons. The van der Waals surface area contributed by atoms with Gasteiger partial charge in [-0.05, 0) is 140 Å². The minimum absolute atomic E-state index is 0.820. The second kappa shape index (κ2) is 17.8. The van der Waals surface area contributed by atoms with Crippen LogP contribution in [-0.4, -0.2) is 0 Å². The summed E-state index contributed by atoms with van der Waals surface area (Å²) < 4.78 is 0. The van der Waals surface area contributed by atoms with Gasteiger partial charge in [0, 0.05) is 21.4 Å². The third-order valence-electron chi connectivity index (χ3n) is 6.01. The van der Waals surface area contributed by atoms with Crippen LogP contribution in [0.1, 0.15) is 0 Å². The van der Waals surface area contributed by atoms with E-state index in [2.05, 4.69) is 123 Å². The van der Waals surface area contributed by atoms with Crippen LogP contribution in [0.25, 0.3) is 21.5 Å². The van der Waals surface area contributed by atoms with Crippen LogP contribution in [-0.2, 0) is 0 Å². The van der Waals surface area contributed by atoms with Crippen molar-refractivity contribution >= 4 is 59.4 Å². The van der Waals surface area contributed by atoms with E-state index in [0.29, 0.717) is 0 Å². The molecular formula is C44H17NP2. The highest BCUT2D eigenvalue weighted by Crippen LogP contribution is 2.42. The molecule has 0 saturated heterocycles. The van der Waals surface area contributed by atoms with E-state index >= 15 is 0 Å². The van der Waals surface area contributed by atoms with Crippen molar-refractivity contribution in [2.45, 2.75) is 0 Å². The zero-order valence-electron chi connectivity index (χ0n) is 24.6. The van der Waals surface area contributed by atoms with E-state index < -0.39 is 15.8 Å². The van der Waals surface area contributed by atoms with Crippen molar-refractivity contribution in [2.75, 3.05) is 5.32 Å². The molecule has 0 atom stereocenters. The van der Waals surface area contributed by atoms with Gasteiger partial charge in [0.05, 0.1) is 27.2 Å². The molecule has 0 bridgehead atoms. The van der Waals surface area contributed by atoms with Gasteiger partial charge in [-0.1, -0.05) is 60.7 Å². The Labute approximate surface area is 279 Å². The van der Waals surface area contributed by atoms with Crippen LogP contribution in [0.4, 0.5) is 11.4 Å². The average Bonchev–Trinajstić information content (AvgIpc) is 3.11. The summed E-state index contributed by atoms with van der Waals surface area (Å²) in [5.41, 5.74) is 14.4. The summed E-state index contributed by atoms with van der Waals surface area (Å²) in [6, 6.07) is 24.2. The molecule has 4 aromatic carbocycles. The average molecular weight is 622 g/mol. The van der Waals surface area contributed by atoms with Gasteiger partial charge in [-0.3, -0.25) is 0 Å². The first-order valence-electron chi connectivity index (χ1n) is 13.5. The Morgan fingerprint density at radius 2 is 0.723 bits per heavy atom. The van der Waals surface area contributed by atoms with Gasteiger partial charge in [0.1, 0.15) is 0 Å². The molecule has 0 amide bonds. The maximum absolute atomic E-state index is 5.31. The van der Waals surface area contributed by atoms with Crippen LogP contribution in [0.2, 0.25) is 0 Å². The summed E-state index contributed by atoms with van der Waals surface area (Å²) in [5, 5.41) is 9.48. The lowest BCUT2D eigenvalue weighted by atomic mass is 10.1. The fourth-order valence-electron chi connectivity index (χ4n) is 4.18. The van der Waals surface area contributed by atoms with Crippen LogP contribution in [0.5, 0.6) is 0 Å². The third kappa shape index (κ3) is 8.90. The largest absolute Gasteiger partial charge is 0.353 e. The predicted molar refractivity (Wildman–Crippen MR) is 202 cm³/mol. The SMILES string of the molecule is C#CC#CC#CP(C#CC#CC#C)c1ccc2ccccc2c1Nc1c(P(C#CC#CC#C)C#CC#CC#C)ccc2ccccc12. The highest BCUT2D eigenvalue weighted by molar-refractivity contribution is 7.76. The number of rotatable bonds is 4. The molecule has 0 unspecified atom stereocenters. The number of fused-ring (bicyclic) bond motifs is 2. The molecule has 0 aromatic heterocycles. The van der Waals surface area contributed by atoms with E-state index in [0.717, 1.165) is 43.5 Å². The Hall–Kier alpha value is -7.22. The van der Waals surface area contributed by atoms with Crippen molar-refractivity contribution in [1.29, 1.82) is 0 Å². The first-order chi connectivity index (χ1) is 23.2. The Kier molecular flexibility index (Phi) is 12.4. The maximum Gasteiger partial charge on any atom is 0.0853 e. The second-order valence-electron chi connectivity index (χ2n) is 8.68. The summed E-state index contributed by atoms with van der Waals surface area (Å²) in [6.45, 7) is 0. The predicted octanol–water partition coefficient (Wildman–Crippen LogP) is 6.34. The van der Waals surface area contributed by atoms with E-state index in [1.54, 1.807) is 0 Å². The molecule has 3 heteroatoms. The van der Waals surface area contributed by atoms with E-state index in [9.17, 15) is 0 Å². The van der Waals surface area contributed by atoms with E-state index in [-0.39, 0.29) is 0 Å². The summed E-state index contributed by atoms with van der Waals surface area (Å²) >= 11 is 0. The Morgan fingerprint density at radius 1 is 0.383 bits per heavy atom. The van der Waals surface area contributed by atoms with Crippen molar-refractivity contribution in [2.24, 2.45) is 0 Å². The third-order valence-corrected chi connectivity index (χ3v) is 9.06. The summed E-state index contributed by atoms with van der Waals surface area (Å²) in [4.78, 5) is 0. The first kappa shape index (κ1) is 32.7.